The van der Waals surface area contributed by atoms with Crippen LogP contribution in [-0.4, -0.2) is 69.1 Å². The van der Waals surface area contributed by atoms with E-state index >= 15 is 0 Å². The maximum Gasteiger partial charge on any atom is 0.508 e. The van der Waals surface area contributed by atoms with Gasteiger partial charge in [0.25, 0.3) is 10.9 Å². The molecule has 0 aliphatic rings. The summed E-state index contributed by atoms with van der Waals surface area (Å²) in [6, 6.07) is 0. The molecule has 0 heterocycles. The number of carbonyl (C=O) groups excluding carboxylic acids is 2. The van der Waals surface area contributed by atoms with E-state index in [0.29, 0.717) is 30.9 Å². The average Bonchev–Trinajstić information content (AvgIpc) is 3.26. The smallest absolute Gasteiger partial charge is 0.462 e. The molecule has 2 N–H and O–H groups in total. The number of ether oxygens (including phenoxy) is 3. The van der Waals surface area contributed by atoms with Crippen molar-refractivity contribution < 1.29 is 23.8 Å². The molecule has 10 heteroatoms. The molecular weight excluding hydrogens is 767 g/mol. The van der Waals surface area contributed by atoms with Gasteiger partial charge in [-0.05, 0) is 96.7 Å². The summed E-state index contributed by atoms with van der Waals surface area (Å²) in [5, 5.41) is 6.01. The molecule has 1 rings (SSSR count). The molecule has 0 aromatic heterocycles. The van der Waals surface area contributed by atoms with Crippen LogP contribution in [0.4, 0.5) is 16.2 Å². The van der Waals surface area contributed by atoms with Crippen molar-refractivity contribution in [1.29, 1.82) is 0 Å². The summed E-state index contributed by atoms with van der Waals surface area (Å²) in [5.41, 5.74) is -0.0993. The standard InChI is InChI=1S/C51H95N3O7/c1-6-10-13-16-19-25-33-43-59-51(58)61-44(9-4)35-29-26-32-41-54(42-34-39-53-48-47(52-5)49(56)50(48)57)40-31-24-20-23-30-38-46(55)60-45(36-27-21-17-14-11-7-2)37-28-22-18-15-12-8-3/h44-45,52-53H,6-43H2,1-5H3. The Balaban J connectivity index is 2.44. The minimum Gasteiger partial charge on any atom is -0.462 e. The number of hydrogen-bond donors (Lipinski definition) is 2. The van der Waals surface area contributed by atoms with E-state index in [9.17, 15) is 19.2 Å². The first kappa shape index (κ1) is 56.4. The normalized spacial score (nSPS) is 12.0. The quantitative estimate of drug-likeness (QED) is 0.0372. The van der Waals surface area contributed by atoms with Gasteiger partial charge in [-0.25, -0.2) is 4.79 Å². The van der Waals surface area contributed by atoms with Crippen LogP contribution in [0.15, 0.2) is 9.59 Å². The van der Waals surface area contributed by atoms with E-state index in [1.54, 1.807) is 7.05 Å². The third-order valence-corrected chi connectivity index (χ3v) is 12.2. The number of rotatable bonds is 45. The lowest BCUT2D eigenvalue weighted by molar-refractivity contribution is -0.150. The lowest BCUT2D eigenvalue weighted by Crippen LogP contribution is -2.37. The predicted octanol–water partition coefficient (Wildman–Crippen LogP) is 13.4. The molecule has 10 nitrogen and oxygen atoms in total. The predicted molar refractivity (Wildman–Crippen MR) is 257 cm³/mol. The van der Waals surface area contributed by atoms with Gasteiger partial charge in [-0.1, -0.05) is 156 Å². The van der Waals surface area contributed by atoms with Crippen molar-refractivity contribution in [2.24, 2.45) is 0 Å². The highest BCUT2D eigenvalue weighted by Gasteiger charge is 2.19. The van der Waals surface area contributed by atoms with Crippen molar-refractivity contribution >= 4 is 23.5 Å². The van der Waals surface area contributed by atoms with Crippen LogP contribution in [-0.2, 0) is 19.0 Å². The third-order valence-electron chi connectivity index (χ3n) is 12.2. The van der Waals surface area contributed by atoms with Crippen LogP contribution < -0.4 is 21.5 Å². The van der Waals surface area contributed by atoms with Crippen LogP contribution >= 0.6 is 0 Å². The molecule has 0 saturated heterocycles. The van der Waals surface area contributed by atoms with E-state index in [1.165, 1.54) is 96.3 Å². The van der Waals surface area contributed by atoms with Crippen LogP contribution in [0.2, 0.25) is 0 Å². The van der Waals surface area contributed by atoms with Crippen LogP contribution in [0, 0.1) is 0 Å². The van der Waals surface area contributed by atoms with Gasteiger partial charge in [-0.2, -0.15) is 0 Å². The average molecular weight is 862 g/mol. The highest BCUT2D eigenvalue weighted by atomic mass is 16.7. The maximum absolute atomic E-state index is 12.9. The molecule has 1 aromatic rings. The fraction of sp³-hybridized carbons (Fsp3) is 0.882. The zero-order chi connectivity index (χ0) is 44.6. The number of anilines is 2. The number of nitrogens with one attached hydrogen (secondary N) is 2. The van der Waals surface area contributed by atoms with Gasteiger partial charge in [-0.15, -0.1) is 0 Å². The third kappa shape index (κ3) is 30.2. The molecule has 0 radical (unpaired) electrons. The zero-order valence-corrected chi connectivity index (χ0v) is 40.3. The Morgan fingerprint density at radius 1 is 0.508 bits per heavy atom. The van der Waals surface area contributed by atoms with Gasteiger partial charge in [0.2, 0.25) is 0 Å². The number of hydrogen-bond acceptors (Lipinski definition) is 10. The van der Waals surface area contributed by atoms with Crippen molar-refractivity contribution in [2.75, 3.05) is 50.5 Å². The second kappa shape index (κ2) is 40.2. The molecule has 61 heavy (non-hydrogen) atoms. The SMILES string of the molecule is CCCCCCCCCOC(=O)OC(CC)CCCCCN(CCCCCCCC(=O)OC(CCCCCCCC)CCCCCCCC)CCCNc1c(NC)c(=O)c1=O. The number of nitrogens with zero attached hydrogens (tertiary/aromatic N) is 1. The first-order valence-electron chi connectivity index (χ1n) is 25.8. The molecule has 0 aliphatic heterocycles. The van der Waals surface area contributed by atoms with Gasteiger partial charge in [0.1, 0.15) is 23.6 Å². The summed E-state index contributed by atoms with van der Waals surface area (Å²) in [7, 11) is 1.67. The fourth-order valence-electron chi connectivity index (χ4n) is 8.21. The summed E-state index contributed by atoms with van der Waals surface area (Å²) in [4.78, 5) is 51.5. The zero-order valence-electron chi connectivity index (χ0n) is 40.3. The molecule has 1 unspecified atom stereocenters. The van der Waals surface area contributed by atoms with Crippen LogP contribution in [0.25, 0.3) is 0 Å². The van der Waals surface area contributed by atoms with E-state index < -0.39 is 17.0 Å². The largest absolute Gasteiger partial charge is 0.508 e. The molecule has 1 atom stereocenters. The first-order valence-corrected chi connectivity index (χ1v) is 25.8. The molecule has 0 fully saturated rings. The number of esters is 1. The molecule has 0 aliphatic carbocycles. The Morgan fingerprint density at radius 3 is 1.49 bits per heavy atom. The second-order valence-electron chi connectivity index (χ2n) is 17.7. The molecule has 0 bridgehead atoms. The maximum atomic E-state index is 12.9. The van der Waals surface area contributed by atoms with Crippen LogP contribution in [0.3, 0.4) is 0 Å². The molecule has 0 amide bonds. The lowest BCUT2D eigenvalue weighted by Gasteiger charge is -2.23. The summed E-state index contributed by atoms with van der Waals surface area (Å²) in [5.74, 6) is -0.0112. The molecular formula is C51H95N3O7. The molecule has 0 saturated carbocycles. The second-order valence-corrected chi connectivity index (χ2v) is 17.7. The van der Waals surface area contributed by atoms with E-state index in [1.807, 2.05) is 0 Å². The van der Waals surface area contributed by atoms with Crippen molar-refractivity contribution in [3.8, 4) is 0 Å². The number of carbonyl (C=O) groups is 2. The topological polar surface area (TPSA) is 123 Å². The summed E-state index contributed by atoms with van der Waals surface area (Å²) >= 11 is 0. The van der Waals surface area contributed by atoms with Gasteiger partial charge in [0.15, 0.2) is 0 Å². The first-order chi connectivity index (χ1) is 29.8. The van der Waals surface area contributed by atoms with Gasteiger partial charge < -0.3 is 29.7 Å². The van der Waals surface area contributed by atoms with Gasteiger partial charge in [-0.3, -0.25) is 14.4 Å². The van der Waals surface area contributed by atoms with Gasteiger partial charge in [0, 0.05) is 20.0 Å². The summed E-state index contributed by atoms with van der Waals surface area (Å²) in [6.45, 7) is 12.8. The van der Waals surface area contributed by atoms with Crippen LogP contribution in [0.5, 0.6) is 0 Å². The Morgan fingerprint density at radius 2 is 0.951 bits per heavy atom. The fourth-order valence-corrected chi connectivity index (χ4v) is 8.21. The van der Waals surface area contributed by atoms with E-state index in [0.717, 1.165) is 129 Å². The van der Waals surface area contributed by atoms with Crippen LogP contribution in [0.1, 0.15) is 240 Å². The van der Waals surface area contributed by atoms with E-state index in [2.05, 4.69) is 43.2 Å². The monoisotopic (exact) mass is 862 g/mol. The van der Waals surface area contributed by atoms with Crippen molar-refractivity contribution in [1.82, 2.24) is 4.90 Å². The van der Waals surface area contributed by atoms with Gasteiger partial charge >= 0.3 is 12.1 Å². The lowest BCUT2D eigenvalue weighted by atomic mass is 10.0. The minimum atomic E-state index is -0.533. The Labute approximate surface area is 373 Å². The van der Waals surface area contributed by atoms with Crippen molar-refractivity contribution in [3.63, 3.8) is 0 Å². The van der Waals surface area contributed by atoms with Crippen molar-refractivity contribution in [2.45, 2.75) is 252 Å². The number of unbranched alkanes of at least 4 members (excludes halogenated alkanes) is 22. The Bertz CT molecular complexity index is 1230. The summed E-state index contributed by atoms with van der Waals surface area (Å²) in [6.07, 6.45) is 36.3. The molecule has 356 valence electrons. The highest BCUT2D eigenvalue weighted by Crippen LogP contribution is 2.19. The Kier molecular flexibility index (Phi) is 37.1. The molecule has 1 aromatic carbocycles. The molecule has 0 spiro atoms. The van der Waals surface area contributed by atoms with E-state index in [4.69, 9.17) is 14.2 Å². The highest BCUT2D eigenvalue weighted by molar-refractivity contribution is 5.73. The van der Waals surface area contributed by atoms with Gasteiger partial charge in [0.05, 0.1) is 6.61 Å². The van der Waals surface area contributed by atoms with Crippen molar-refractivity contribution in [3.05, 3.63) is 20.4 Å². The summed E-state index contributed by atoms with van der Waals surface area (Å²) < 4.78 is 17.1. The van der Waals surface area contributed by atoms with E-state index in [-0.39, 0.29) is 18.2 Å². The minimum absolute atomic E-state index is 0.0112. The Hall–Kier alpha value is -2.62.